The highest BCUT2D eigenvalue weighted by molar-refractivity contribution is 5.92. The van der Waals surface area contributed by atoms with Gasteiger partial charge in [-0.3, -0.25) is 4.79 Å². The van der Waals surface area contributed by atoms with Crippen molar-refractivity contribution in [2.24, 2.45) is 0 Å². The van der Waals surface area contributed by atoms with Gasteiger partial charge in [0.15, 0.2) is 6.61 Å². The number of hydrogen-bond acceptors (Lipinski definition) is 6. The SMILES string of the molecule is COc1cc(N)cc(C(=O)OCC(=O)NCC#N)c1. The van der Waals surface area contributed by atoms with Crippen molar-refractivity contribution in [3.63, 3.8) is 0 Å². The fourth-order valence-corrected chi connectivity index (χ4v) is 1.26. The number of methoxy groups -OCH3 is 1. The molecule has 3 N–H and O–H groups in total. The summed E-state index contributed by atoms with van der Waals surface area (Å²) in [6, 6.07) is 6.15. The molecule has 0 fully saturated rings. The van der Waals surface area contributed by atoms with Gasteiger partial charge in [0.25, 0.3) is 5.91 Å². The van der Waals surface area contributed by atoms with Crippen molar-refractivity contribution >= 4 is 17.6 Å². The number of carbonyl (C=O) groups excluding carboxylic acids is 2. The zero-order valence-corrected chi connectivity index (χ0v) is 10.3. The Kier molecular flexibility index (Phi) is 5.17. The summed E-state index contributed by atoms with van der Waals surface area (Å²) in [6.45, 7) is -0.597. The molecule has 7 heteroatoms. The summed E-state index contributed by atoms with van der Waals surface area (Å²) in [7, 11) is 1.44. The molecule has 0 radical (unpaired) electrons. The van der Waals surface area contributed by atoms with Gasteiger partial charge >= 0.3 is 5.97 Å². The Balaban J connectivity index is 2.61. The second-order valence-electron chi connectivity index (χ2n) is 3.51. The number of esters is 1. The lowest BCUT2D eigenvalue weighted by molar-refractivity contribution is -0.123. The van der Waals surface area contributed by atoms with Crippen molar-refractivity contribution in [3.8, 4) is 11.8 Å². The number of anilines is 1. The number of nitriles is 1. The molecule has 0 spiro atoms. The molecule has 1 aromatic rings. The van der Waals surface area contributed by atoms with Crippen LogP contribution in [0, 0.1) is 11.3 Å². The minimum absolute atomic E-state index is 0.136. The Morgan fingerprint density at radius 3 is 2.79 bits per heavy atom. The molecular weight excluding hydrogens is 250 g/mol. The molecule has 0 saturated carbocycles. The molecule has 19 heavy (non-hydrogen) atoms. The maximum absolute atomic E-state index is 11.7. The van der Waals surface area contributed by atoms with Gasteiger partial charge in [0.1, 0.15) is 12.3 Å². The van der Waals surface area contributed by atoms with Crippen molar-refractivity contribution in [3.05, 3.63) is 23.8 Å². The third kappa shape index (κ3) is 4.55. The first-order chi connectivity index (χ1) is 9.06. The molecule has 0 saturated heterocycles. The lowest BCUT2D eigenvalue weighted by Gasteiger charge is -2.07. The Morgan fingerprint density at radius 1 is 1.42 bits per heavy atom. The number of nitrogen functional groups attached to an aromatic ring is 1. The van der Waals surface area contributed by atoms with Crippen LogP contribution in [0.25, 0.3) is 0 Å². The fraction of sp³-hybridized carbons (Fsp3) is 0.250. The monoisotopic (exact) mass is 263 g/mol. The Labute approximate surface area is 109 Å². The number of nitrogens with two attached hydrogens (primary N) is 1. The third-order valence-electron chi connectivity index (χ3n) is 2.10. The molecular formula is C12H13N3O4. The van der Waals surface area contributed by atoms with Crippen LogP contribution in [0.1, 0.15) is 10.4 Å². The smallest absolute Gasteiger partial charge is 0.338 e. The first kappa shape index (κ1) is 14.3. The molecule has 1 rings (SSSR count). The van der Waals surface area contributed by atoms with Crippen LogP contribution in [0.15, 0.2) is 18.2 Å². The van der Waals surface area contributed by atoms with Crippen molar-refractivity contribution in [1.82, 2.24) is 5.32 Å². The van der Waals surface area contributed by atoms with E-state index in [4.69, 9.17) is 20.5 Å². The predicted octanol–water partition coefficient (Wildman–Crippen LogP) is 0.0740. The number of benzene rings is 1. The number of carbonyl (C=O) groups is 2. The standard InChI is InChI=1S/C12H13N3O4/c1-18-10-5-8(4-9(14)6-10)12(17)19-7-11(16)15-3-2-13/h4-6H,3,7,14H2,1H3,(H,15,16). The van der Waals surface area contributed by atoms with Gasteiger partial charge in [-0.05, 0) is 12.1 Å². The van der Waals surface area contributed by atoms with E-state index in [0.717, 1.165) is 0 Å². The molecule has 1 aromatic carbocycles. The molecule has 0 aliphatic carbocycles. The van der Waals surface area contributed by atoms with E-state index in [-0.39, 0.29) is 12.1 Å². The molecule has 0 aromatic heterocycles. The first-order valence-electron chi connectivity index (χ1n) is 5.32. The highest BCUT2D eigenvalue weighted by Gasteiger charge is 2.12. The summed E-state index contributed by atoms with van der Waals surface area (Å²) in [5.41, 5.74) is 6.12. The van der Waals surface area contributed by atoms with Crippen LogP contribution in [0.4, 0.5) is 5.69 Å². The van der Waals surface area contributed by atoms with Gasteiger partial charge in [0, 0.05) is 11.8 Å². The van der Waals surface area contributed by atoms with Gasteiger partial charge in [-0.25, -0.2) is 4.79 Å². The van der Waals surface area contributed by atoms with Crippen LogP contribution in [-0.2, 0) is 9.53 Å². The average molecular weight is 263 g/mol. The molecule has 0 atom stereocenters. The molecule has 100 valence electrons. The minimum Gasteiger partial charge on any atom is -0.497 e. The molecule has 7 nitrogen and oxygen atoms in total. The summed E-state index contributed by atoms with van der Waals surface area (Å²) >= 11 is 0. The summed E-state index contributed by atoms with van der Waals surface area (Å²) in [5.74, 6) is -0.829. The van der Waals surface area contributed by atoms with Gasteiger partial charge in [-0.15, -0.1) is 0 Å². The number of amides is 1. The largest absolute Gasteiger partial charge is 0.497 e. The second kappa shape index (κ2) is 6.86. The van der Waals surface area contributed by atoms with Crippen LogP contribution in [0.2, 0.25) is 0 Å². The molecule has 1 amide bonds. The number of nitrogens with one attached hydrogen (secondary N) is 1. The quantitative estimate of drug-likeness (QED) is 0.441. The average Bonchev–Trinajstić information content (AvgIpc) is 2.41. The van der Waals surface area contributed by atoms with Crippen molar-refractivity contribution in [2.75, 3.05) is 26.0 Å². The normalized spacial score (nSPS) is 9.26. The maximum Gasteiger partial charge on any atom is 0.338 e. The lowest BCUT2D eigenvalue weighted by atomic mass is 10.2. The van der Waals surface area contributed by atoms with Gasteiger partial charge < -0.3 is 20.5 Å². The highest BCUT2D eigenvalue weighted by Crippen LogP contribution is 2.18. The lowest BCUT2D eigenvalue weighted by Crippen LogP contribution is -2.29. The van der Waals surface area contributed by atoms with E-state index >= 15 is 0 Å². The van der Waals surface area contributed by atoms with Gasteiger partial charge in [-0.1, -0.05) is 0 Å². The fourth-order valence-electron chi connectivity index (χ4n) is 1.26. The van der Waals surface area contributed by atoms with Crippen LogP contribution in [0.3, 0.4) is 0 Å². The number of ether oxygens (including phenoxy) is 2. The number of rotatable bonds is 5. The van der Waals surface area contributed by atoms with Crippen LogP contribution >= 0.6 is 0 Å². The van der Waals surface area contributed by atoms with E-state index in [2.05, 4.69) is 5.32 Å². The first-order valence-corrected chi connectivity index (χ1v) is 5.32. The van der Waals surface area contributed by atoms with Crippen molar-refractivity contribution < 1.29 is 19.1 Å². The zero-order chi connectivity index (χ0) is 14.3. The van der Waals surface area contributed by atoms with Crippen LogP contribution in [-0.4, -0.2) is 32.1 Å². The van der Waals surface area contributed by atoms with Crippen molar-refractivity contribution in [1.29, 1.82) is 5.26 Å². The van der Waals surface area contributed by atoms with Crippen molar-refractivity contribution in [2.45, 2.75) is 0 Å². The second-order valence-corrected chi connectivity index (χ2v) is 3.51. The summed E-state index contributed by atoms with van der Waals surface area (Å²) in [5, 5.41) is 10.5. The number of hydrogen-bond donors (Lipinski definition) is 2. The topological polar surface area (TPSA) is 114 Å². The van der Waals surface area contributed by atoms with Gasteiger partial charge in [0.05, 0.1) is 18.7 Å². The summed E-state index contributed by atoms with van der Waals surface area (Å²) in [6.07, 6.45) is 0. The van der Waals surface area contributed by atoms with Gasteiger partial charge in [0.2, 0.25) is 0 Å². The predicted molar refractivity (Wildman–Crippen MR) is 66.3 cm³/mol. The van der Waals surface area contributed by atoms with E-state index in [9.17, 15) is 9.59 Å². The van der Waals surface area contributed by atoms with Crippen LogP contribution in [0.5, 0.6) is 5.75 Å². The van der Waals surface area contributed by atoms with E-state index in [1.165, 1.54) is 19.2 Å². The third-order valence-corrected chi connectivity index (χ3v) is 2.10. The highest BCUT2D eigenvalue weighted by atomic mass is 16.5. The van der Waals surface area contributed by atoms with E-state index < -0.39 is 18.5 Å². The Bertz CT molecular complexity index is 522. The summed E-state index contributed by atoms with van der Waals surface area (Å²) in [4.78, 5) is 22.8. The van der Waals surface area contributed by atoms with E-state index in [1.807, 2.05) is 0 Å². The maximum atomic E-state index is 11.7. The molecule has 0 bridgehead atoms. The summed E-state index contributed by atoms with van der Waals surface area (Å²) < 4.78 is 9.73. The molecule has 0 aliphatic heterocycles. The molecule has 0 unspecified atom stereocenters. The minimum atomic E-state index is -0.697. The van der Waals surface area contributed by atoms with E-state index in [1.54, 1.807) is 12.1 Å². The Hall–Kier alpha value is -2.75. The zero-order valence-electron chi connectivity index (χ0n) is 10.3. The van der Waals surface area contributed by atoms with E-state index in [0.29, 0.717) is 11.4 Å². The van der Waals surface area contributed by atoms with Crippen LogP contribution < -0.4 is 15.8 Å². The Morgan fingerprint density at radius 2 is 2.16 bits per heavy atom. The van der Waals surface area contributed by atoms with Gasteiger partial charge in [-0.2, -0.15) is 5.26 Å². The number of nitrogens with zero attached hydrogens (tertiary/aromatic N) is 1. The molecule has 0 aliphatic rings. The molecule has 0 heterocycles.